The summed E-state index contributed by atoms with van der Waals surface area (Å²) in [7, 11) is 2.14. The van der Waals surface area contributed by atoms with Crippen molar-refractivity contribution in [2.75, 3.05) is 35.8 Å². The number of anilines is 2. The highest BCUT2D eigenvalue weighted by molar-refractivity contribution is 8.76. The topological polar surface area (TPSA) is 353 Å². The number of halogens is 1. The SMILES string of the molecule is CC1CC2C3CC=C4CC(=O)C=CC4(C)C3(F)C(O)CC2(C)C1(O)C(=O)COC(=O)OCCSSCC(NC(=O)CCC(NC(=O)c1ccc(NCc2cnc3nc(N)[nH]c(=O)c3n2)cc1)C(=O)O)C(=O)O. The summed E-state index contributed by atoms with van der Waals surface area (Å²) in [5.41, 5.74) is 0.0222. The number of nitrogens with one attached hydrogen (secondary N) is 4. The van der Waals surface area contributed by atoms with Crippen LogP contribution >= 0.6 is 21.6 Å². The number of Topliss-reactive ketones (excluding diaryl/α,β-unsaturated/α-hetero) is 1. The summed E-state index contributed by atoms with van der Waals surface area (Å²) in [6, 6.07) is 3.11. The second-order valence-electron chi connectivity index (χ2n) is 18.9. The average Bonchev–Trinajstić information content (AvgIpc) is 3.53. The van der Waals surface area contributed by atoms with Gasteiger partial charge in [0, 0.05) is 52.3 Å². The summed E-state index contributed by atoms with van der Waals surface area (Å²) in [4.78, 5) is 115. The van der Waals surface area contributed by atoms with Crippen LogP contribution in [0.4, 0.5) is 20.8 Å². The Bertz CT molecular complexity index is 2780. The highest BCUT2D eigenvalue weighted by atomic mass is 33.1. The van der Waals surface area contributed by atoms with Crippen molar-refractivity contribution in [3.8, 4) is 0 Å². The Labute approximate surface area is 418 Å². The highest BCUT2D eigenvalue weighted by Gasteiger charge is 2.75. The molecule has 10 unspecified atom stereocenters. The molecule has 0 spiro atoms. The number of hydrogen-bond acceptors (Lipinski definition) is 19. The third-order valence-corrected chi connectivity index (χ3v) is 17.0. The number of nitrogens with two attached hydrogens (primary N) is 1. The van der Waals surface area contributed by atoms with E-state index in [4.69, 9.17) is 15.2 Å². The van der Waals surface area contributed by atoms with Crippen LogP contribution in [0.2, 0.25) is 0 Å². The van der Waals surface area contributed by atoms with Gasteiger partial charge in [0.05, 0.1) is 24.5 Å². The monoisotopic (exact) mass is 1040 g/mol. The molecule has 0 saturated heterocycles. The van der Waals surface area contributed by atoms with Gasteiger partial charge in [-0.3, -0.25) is 29.0 Å². The third kappa shape index (κ3) is 10.4. The van der Waals surface area contributed by atoms with Crippen LogP contribution in [0.5, 0.6) is 0 Å². The molecule has 2 fully saturated rings. The molecule has 386 valence electrons. The van der Waals surface area contributed by atoms with Crippen molar-refractivity contribution >= 4 is 85.9 Å². The molecular weight excluding hydrogens is 984 g/mol. The molecule has 3 aromatic rings. The zero-order valence-electron chi connectivity index (χ0n) is 39.3. The first-order valence-corrected chi connectivity index (χ1v) is 25.5. The lowest BCUT2D eigenvalue weighted by atomic mass is 9.45. The van der Waals surface area contributed by atoms with Crippen molar-refractivity contribution in [2.45, 2.75) is 95.3 Å². The number of carboxylic acid groups (broad SMARTS) is 2. The van der Waals surface area contributed by atoms with Gasteiger partial charge in [0.15, 0.2) is 29.2 Å². The fourth-order valence-corrected chi connectivity index (χ4v) is 12.8. The van der Waals surface area contributed by atoms with Gasteiger partial charge in [-0.05, 0) is 74.8 Å². The molecule has 25 heteroatoms. The van der Waals surface area contributed by atoms with Crippen molar-refractivity contribution in [3.63, 3.8) is 0 Å². The fourth-order valence-electron chi connectivity index (χ4n) is 10.9. The number of aromatic amines is 1. The molecule has 72 heavy (non-hydrogen) atoms. The molecule has 2 heterocycles. The van der Waals surface area contributed by atoms with Gasteiger partial charge in [0.1, 0.15) is 24.3 Å². The molecule has 1 aromatic carbocycles. The van der Waals surface area contributed by atoms with E-state index in [2.05, 4.69) is 35.9 Å². The highest BCUT2D eigenvalue weighted by Crippen LogP contribution is 2.70. The number of hydrogen-bond donors (Lipinski definition) is 9. The van der Waals surface area contributed by atoms with Gasteiger partial charge in [0.2, 0.25) is 17.6 Å². The molecule has 2 aromatic heterocycles. The molecule has 0 bridgehead atoms. The first-order chi connectivity index (χ1) is 34.0. The predicted octanol–water partition coefficient (Wildman–Crippen LogP) is 2.89. The van der Waals surface area contributed by atoms with Crippen molar-refractivity contribution in [2.24, 2.45) is 28.6 Å². The first-order valence-electron chi connectivity index (χ1n) is 23.0. The largest absolute Gasteiger partial charge is 0.508 e. The lowest BCUT2D eigenvalue weighted by Gasteiger charge is -2.62. The van der Waals surface area contributed by atoms with Gasteiger partial charge in [-0.15, -0.1) is 0 Å². The molecule has 22 nitrogen and oxygen atoms in total. The smallest absolute Gasteiger partial charge is 0.480 e. The second kappa shape index (κ2) is 21.3. The minimum Gasteiger partial charge on any atom is -0.480 e. The fraction of sp³-hybridized carbons (Fsp3) is 0.511. The quantitative estimate of drug-likeness (QED) is 0.0340. The number of ketones is 2. The van der Waals surface area contributed by atoms with Crippen LogP contribution in [0.25, 0.3) is 11.2 Å². The van der Waals surface area contributed by atoms with Crippen molar-refractivity contribution in [1.29, 1.82) is 0 Å². The van der Waals surface area contributed by atoms with Crippen LogP contribution < -0.4 is 27.2 Å². The summed E-state index contributed by atoms with van der Waals surface area (Å²) < 4.78 is 27.6. The zero-order valence-corrected chi connectivity index (χ0v) is 41.0. The number of fused-ring (bicyclic) bond motifs is 6. The Hall–Kier alpha value is -6.44. The van der Waals surface area contributed by atoms with Crippen LogP contribution in [0.1, 0.15) is 75.3 Å². The number of carbonyl (C=O) groups excluding carboxylic acids is 5. The van der Waals surface area contributed by atoms with Gasteiger partial charge < -0.3 is 51.6 Å². The molecule has 0 radical (unpaired) electrons. The summed E-state index contributed by atoms with van der Waals surface area (Å²) in [6.45, 7) is 4.09. The van der Waals surface area contributed by atoms with Crippen LogP contribution in [-0.4, -0.2) is 136 Å². The number of carbonyl (C=O) groups is 7. The lowest BCUT2D eigenvalue weighted by molar-refractivity contribution is -0.215. The van der Waals surface area contributed by atoms with Gasteiger partial charge in [0.25, 0.3) is 11.5 Å². The number of alkyl halides is 1. The number of benzene rings is 1. The molecule has 0 aliphatic heterocycles. The Morgan fingerprint density at radius 2 is 1.72 bits per heavy atom. The number of H-pyrrole nitrogens is 1. The van der Waals surface area contributed by atoms with Crippen molar-refractivity contribution in [3.05, 3.63) is 75.9 Å². The van der Waals surface area contributed by atoms with Gasteiger partial charge in [-0.1, -0.05) is 53.2 Å². The van der Waals surface area contributed by atoms with Gasteiger partial charge in [-0.25, -0.2) is 28.7 Å². The minimum absolute atomic E-state index is 0.00673. The van der Waals surface area contributed by atoms with E-state index in [1.54, 1.807) is 32.9 Å². The molecular formula is C47H55FN8O14S2. The van der Waals surface area contributed by atoms with Gasteiger partial charge in [-0.2, -0.15) is 4.98 Å². The number of allylic oxidation sites excluding steroid dienone is 4. The van der Waals surface area contributed by atoms with Crippen LogP contribution in [-0.2, 0) is 40.0 Å². The third-order valence-electron chi connectivity index (χ3n) is 14.6. The first kappa shape index (κ1) is 53.4. The van der Waals surface area contributed by atoms with E-state index in [1.165, 1.54) is 30.5 Å². The number of nitrogens with zero attached hydrogens (tertiary/aromatic N) is 3. The number of rotatable bonds is 20. The number of aliphatic hydroxyl groups is 2. The molecule has 4 aliphatic carbocycles. The number of amides is 2. The number of aromatic nitrogens is 4. The number of aliphatic hydroxyl groups excluding tert-OH is 1. The van der Waals surface area contributed by atoms with E-state index in [9.17, 15) is 58.8 Å². The normalized spacial score (nSPS) is 28.0. The van der Waals surface area contributed by atoms with E-state index in [0.717, 1.165) is 21.6 Å². The molecule has 10 N–H and O–H groups in total. The van der Waals surface area contributed by atoms with E-state index < -0.39 is 112 Å². The number of carboxylic acids is 2. The maximum absolute atomic E-state index is 17.5. The van der Waals surface area contributed by atoms with Crippen molar-refractivity contribution < 1.29 is 67.9 Å². The van der Waals surface area contributed by atoms with Crippen molar-refractivity contribution in [1.82, 2.24) is 30.6 Å². The maximum Gasteiger partial charge on any atom is 0.508 e. The minimum atomic E-state index is -2.15. The predicted molar refractivity (Wildman–Crippen MR) is 259 cm³/mol. The van der Waals surface area contributed by atoms with E-state index >= 15 is 4.39 Å². The Balaban J connectivity index is 0.802. The summed E-state index contributed by atoms with van der Waals surface area (Å²) >= 11 is 0. The Morgan fingerprint density at radius 3 is 2.43 bits per heavy atom. The van der Waals surface area contributed by atoms with Crippen LogP contribution in [0.3, 0.4) is 0 Å². The number of ether oxygens (including phenoxy) is 2. The second-order valence-corrected chi connectivity index (χ2v) is 21.5. The lowest BCUT2D eigenvalue weighted by Crippen LogP contribution is -2.69. The summed E-state index contributed by atoms with van der Waals surface area (Å²) in [6.07, 6.45) is 2.85. The van der Waals surface area contributed by atoms with E-state index in [-0.39, 0.29) is 85.2 Å². The van der Waals surface area contributed by atoms with E-state index in [1.807, 2.05) is 6.08 Å². The molecule has 7 rings (SSSR count). The Kier molecular flexibility index (Phi) is 15.8. The molecule has 10 atom stereocenters. The zero-order chi connectivity index (χ0) is 52.3. The van der Waals surface area contributed by atoms with E-state index in [0.29, 0.717) is 17.0 Å². The molecule has 4 aliphatic rings. The summed E-state index contributed by atoms with van der Waals surface area (Å²) in [5, 5.41) is 50.9. The van der Waals surface area contributed by atoms with Gasteiger partial charge >= 0.3 is 18.1 Å². The van der Waals surface area contributed by atoms with Crippen LogP contribution in [0.15, 0.2) is 59.1 Å². The summed E-state index contributed by atoms with van der Waals surface area (Å²) in [5.74, 6) is -7.36. The Morgan fingerprint density at radius 1 is 1.00 bits per heavy atom. The maximum atomic E-state index is 17.5. The standard InChI is InChI=1S/C47H55FN8O14S2/c1-23-16-30-29-9-6-25-17-28(57)12-13-44(25,2)46(29,48)33(58)18-45(30,3)47(23,68)34(59)21-70-43(67)69-14-15-71-72-22-32(41(65)66)53-35(60)11-10-31(40(63)64)54-38(61)24-4-7-26(8-5-24)50-19-27-20-51-37-36(52-27)39(62)56-42(49)55-37/h4-8,12-13,20,23,29-33,50,58,68H,9-11,14-19,21-22H2,1-3H3,(H,53,60)(H,54,61)(H,63,64)(H,65,66)(H3,49,51,55,56,62). The number of nitrogen functional groups attached to an aromatic ring is 1. The molecule has 2 amide bonds. The molecule has 2 saturated carbocycles. The number of aliphatic carboxylic acids is 2. The average molecular weight is 1040 g/mol. The van der Waals surface area contributed by atoms with Crippen LogP contribution in [0, 0.1) is 28.6 Å².